The van der Waals surface area contributed by atoms with Crippen molar-refractivity contribution in [3.8, 4) is 0 Å². The van der Waals surface area contributed by atoms with Crippen molar-refractivity contribution in [3.63, 3.8) is 0 Å². The summed E-state index contributed by atoms with van der Waals surface area (Å²) in [5.41, 5.74) is 0.291. The molecule has 1 fully saturated rings. The van der Waals surface area contributed by atoms with E-state index < -0.39 is 11.6 Å². The number of carbonyl (C=O) groups is 1. The lowest BCUT2D eigenvalue weighted by Gasteiger charge is -2.22. The van der Waals surface area contributed by atoms with Crippen molar-refractivity contribution >= 4 is 17.7 Å². The zero-order chi connectivity index (χ0) is 14.1. The van der Waals surface area contributed by atoms with Crippen molar-refractivity contribution in [1.82, 2.24) is 4.90 Å². The topological polar surface area (TPSA) is 33.5 Å². The normalized spacial score (nSPS) is 18.8. The molecule has 1 atom stereocenters. The Balaban J connectivity index is 1.85. The highest BCUT2D eigenvalue weighted by Gasteiger charge is 2.34. The van der Waals surface area contributed by atoms with Crippen LogP contribution >= 0.6 is 11.8 Å². The van der Waals surface area contributed by atoms with E-state index in [4.69, 9.17) is 4.42 Å². The van der Waals surface area contributed by atoms with Gasteiger partial charge in [0.25, 0.3) is 0 Å². The molecule has 3 rings (SSSR count). The molecule has 0 saturated carbocycles. The second kappa shape index (κ2) is 5.28. The van der Waals surface area contributed by atoms with Crippen LogP contribution in [0.25, 0.3) is 0 Å². The summed E-state index contributed by atoms with van der Waals surface area (Å²) in [6, 6.07) is 6.90. The molecular formula is C14H11F2NO2S. The van der Waals surface area contributed by atoms with Crippen LogP contribution in [0.1, 0.15) is 16.7 Å². The molecule has 20 heavy (non-hydrogen) atoms. The number of carbonyl (C=O) groups excluding carboxylic acids is 1. The largest absolute Gasteiger partial charge is 0.466 e. The van der Waals surface area contributed by atoms with E-state index in [1.807, 2.05) is 0 Å². The van der Waals surface area contributed by atoms with E-state index in [2.05, 4.69) is 0 Å². The Hall–Kier alpha value is -1.82. The number of rotatable bonds is 3. The molecule has 1 aromatic carbocycles. The molecule has 1 aromatic heterocycles. The summed E-state index contributed by atoms with van der Waals surface area (Å²) in [7, 11) is 0. The smallest absolute Gasteiger partial charge is 0.234 e. The maximum Gasteiger partial charge on any atom is 0.234 e. The summed E-state index contributed by atoms with van der Waals surface area (Å²) in [5.74, 6) is -0.374. The zero-order valence-electron chi connectivity index (χ0n) is 10.4. The van der Waals surface area contributed by atoms with Gasteiger partial charge in [0.15, 0.2) is 0 Å². The first-order valence-electron chi connectivity index (χ1n) is 6.03. The maximum absolute atomic E-state index is 13.7. The Morgan fingerprint density at radius 1 is 1.35 bits per heavy atom. The second-order valence-electron chi connectivity index (χ2n) is 4.44. The summed E-state index contributed by atoms with van der Waals surface area (Å²) in [6.07, 6.45) is 1.54. The van der Waals surface area contributed by atoms with Gasteiger partial charge in [-0.1, -0.05) is 6.07 Å². The molecule has 104 valence electrons. The van der Waals surface area contributed by atoms with Gasteiger partial charge in [0, 0.05) is 11.6 Å². The average molecular weight is 295 g/mol. The summed E-state index contributed by atoms with van der Waals surface area (Å²) in [6.45, 7) is 0.101. The summed E-state index contributed by atoms with van der Waals surface area (Å²) >= 11 is 1.43. The van der Waals surface area contributed by atoms with Gasteiger partial charge in [-0.3, -0.25) is 4.79 Å². The number of thioether (sulfide) groups is 1. The average Bonchev–Trinajstić information content (AvgIpc) is 3.03. The predicted octanol–water partition coefficient (Wildman–Crippen LogP) is 3.33. The standard InChI is InChI=1S/C14H11F2NO2S/c15-10-4-3-9(11(16)6-10)7-17-13(18)8-20-14(17)12-2-1-5-19-12/h1-6,14H,7-8H2. The third kappa shape index (κ3) is 2.43. The van der Waals surface area contributed by atoms with Gasteiger partial charge < -0.3 is 9.32 Å². The fourth-order valence-electron chi connectivity index (χ4n) is 2.13. The van der Waals surface area contributed by atoms with E-state index in [9.17, 15) is 13.6 Å². The SMILES string of the molecule is O=C1CSC(c2ccco2)N1Cc1ccc(F)cc1F. The quantitative estimate of drug-likeness (QED) is 0.871. The van der Waals surface area contributed by atoms with E-state index in [-0.39, 0.29) is 17.8 Å². The fourth-order valence-corrected chi connectivity index (χ4v) is 3.26. The van der Waals surface area contributed by atoms with Crippen molar-refractivity contribution < 1.29 is 18.0 Å². The van der Waals surface area contributed by atoms with Crippen LogP contribution in [0.4, 0.5) is 8.78 Å². The molecule has 2 aromatic rings. The molecular weight excluding hydrogens is 284 g/mol. The minimum Gasteiger partial charge on any atom is -0.466 e. The van der Waals surface area contributed by atoms with Crippen LogP contribution in [0, 0.1) is 11.6 Å². The highest BCUT2D eigenvalue weighted by Crippen LogP contribution is 2.39. The van der Waals surface area contributed by atoms with Gasteiger partial charge in [-0.25, -0.2) is 8.78 Å². The number of hydrogen-bond donors (Lipinski definition) is 0. The van der Waals surface area contributed by atoms with Crippen LogP contribution in [-0.4, -0.2) is 16.6 Å². The number of halogens is 2. The Morgan fingerprint density at radius 2 is 2.20 bits per heavy atom. The number of furan rings is 1. The van der Waals surface area contributed by atoms with Gasteiger partial charge in [0.1, 0.15) is 22.8 Å². The van der Waals surface area contributed by atoms with E-state index >= 15 is 0 Å². The van der Waals surface area contributed by atoms with Crippen LogP contribution in [0.15, 0.2) is 41.0 Å². The lowest BCUT2D eigenvalue weighted by Crippen LogP contribution is -2.27. The number of nitrogens with zero attached hydrogens (tertiary/aromatic N) is 1. The first-order valence-corrected chi connectivity index (χ1v) is 7.08. The van der Waals surface area contributed by atoms with E-state index in [1.165, 1.54) is 30.2 Å². The van der Waals surface area contributed by atoms with Crippen molar-refractivity contribution in [1.29, 1.82) is 0 Å². The van der Waals surface area contributed by atoms with Gasteiger partial charge in [-0.15, -0.1) is 11.8 Å². The molecule has 1 amide bonds. The Kier molecular flexibility index (Phi) is 3.48. The van der Waals surface area contributed by atoms with Gasteiger partial charge in [0.05, 0.1) is 18.6 Å². The Bertz CT molecular complexity index is 630. The molecule has 1 aliphatic heterocycles. The monoisotopic (exact) mass is 295 g/mol. The lowest BCUT2D eigenvalue weighted by molar-refractivity contribution is -0.128. The third-order valence-corrected chi connectivity index (χ3v) is 4.33. The first-order chi connectivity index (χ1) is 9.65. The number of amides is 1. The lowest BCUT2D eigenvalue weighted by atomic mass is 10.2. The molecule has 0 radical (unpaired) electrons. The van der Waals surface area contributed by atoms with E-state index in [0.29, 0.717) is 17.1 Å². The van der Waals surface area contributed by atoms with E-state index in [1.54, 1.807) is 17.0 Å². The minimum atomic E-state index is -0.645. The highest BCUT2D eigenvalue weighted by molar-refractivity contribution is 8.00. The summed E-state index contributed by atoms with van der Waals surface area (Å²) in [4.78, 5) is 13.5. The Morgan fingerprint density at radius 3 is 2.90 bits per heavy atom. The van der Waals surface area contributed by atoms with E-state index in [0.717, 1.165) is 6.07 Å². The fraction of sp³-hybridized carbons (Fsp3) is 0.214. The Labute approximate surface area is 118 Å². The van der Waals surface area contributed by atoms with Crippen molar-refractivity contribution in [2.75, 3.05) is 5.75 Å². The molecule has 3 nitrogen and oxygen atoms in total. The minimum absolute atomic E-state index is 0.0832. The van der Waals surface area contributed by atoms with Gasteiger partial charge in [-0.05, 0) is 18.2 Å². The van der Waals surface area contributed by atoms with Crippen molar-refractivity contribution in [2.45, 2.75) is 11.9 Å². The zero-order valence-corrected chi connectivity index (χ0v) is 11.2. The number of hydrogen-bond acceptors (Lipinski definition) is 3. The number of benzene rings is 1. The molecule has 0 N–H and O–H groups in total. The molecule has 1 aliphatic rings. The molecule has 1 unspecified atom stereocenters. The molecule has 2 heterocycles. The summed E-state index contributed by atoms with van der Waals surface area (Å²) in [5, 5.41) is -0.262. The molecule has 0 aliphatic carbocycles. The molecule has 0 bridgehead atoms. The maximum atomic E-state index is 13.7. The van der Waals surface area contributed by atoms with Gasteiger partial charge in [-0.2, -0.15) is 0 Å². The third-order valence-electron chi connectivity index (χ3n) is 3.11. The second-order valence-corrected chi connectivity index (χ2v) is 5.50. The first kappa shape index (κ1) is 13.2. The van der Waals surface area contributed by atoms with Crippen LogP contribution in [-0.2, 0) is 11.3 Å². The summed E-state index contributed by atoms with van der Waals surface area (Å²) < 4.78 is 31.9. The van der Waals surface area contributed by atoms with Crippen LogP contribution < -0.4 is 0 Å². The molecule has 0 spiro atoms. The highest BCUT2D eigenvalue weighted by atomic mass is 32.2. The molecule has 1 saturated heterocycles. The van der Waals surface area contributed by atoms with Crippen molar-refractivity contribution in [3.05, 3.63) is 59.6 Å². The van der Waals surface area contributed by atoms with Crippen molar-refractivity contribution in [2.24, 2.45) is 0 Å². The molecule has 6 heteroatoms. The van der Waals surface area contributed by atoms with Gasteiger partial charge >= 0.3 is 0 Å². The van der Waals surface area contributed by atoms with Crippen LogP contribution in [0.2, 0.25) is 0 Å². The predicted molar refractivity (Wildman–Crippen MR) is 70.8 cm³/mol. The van der Waals surface area contributed by atoms with Crippen LogP contribution in [0.5, 0.6) is 0 Å². The van der Waals surface area contributed by atoms with Gasteiger partial charge in [0.2, 0.25) is 5.91 Å². The van der Waals surface area contributed by atoms with Crippen LogP contribution in [0.3, 0.4) is 0 Å².